The lowest BCUT2D eigenvalue weighted by atomic mass is 9.76. The summed E-state index contributed by atoms with van der Waals surface area (Å²) < 4.78 is 5.71. The van der Waals surface area contributed by atoms with Gasteiger partial charge in [-0.25, -0.2) is 4.79 Å². The molecule has 1 aromatic rings. The topological polar surface area (TPSA) is 63.6 Å². The predicted molar refractivity (Wildman–Crippen MR) is 94.3 cm³/mol. The van der Waals surface area contributed by atoms with Gasteiger partial charge in [0, 0.05) is 18.4 Å². The van der Waals surface area contributed by atoms with E-state index in [0.29, 0.717) is 12.8 Å². The number of esters is 1. The Morgan fingerprint density at radius 1 is 1.28 bits per heavy atom. The number of Topliss-reactive ketones (excluding diaryl/α,β-unsaturated/α-hetero) is 1. The minimum absolute atomic E-state index is 0.175. The average Bonchev–Trinajstić information content (AvgIpc) is 3.12. The molecular formula is C20H21ClO4. The molecule has 0 spiro atoms. The molecule has 1 saturated heterocycles. The van der Waals surface area contributed by atoms with Crippen molar-refractivity contribution >= 4 is 23.4 Å². The summed E-state index contributed by atoms with van der Waals surface area (Å²) in [7, 11) is 0. The number of aromatic hydroxyl groups is 1. The molecule has 0 aromatic heterocycles. The highest BCUT2D eigenvalue weighted by molar-refractivity contribution is 6.41. The Balaban J connectivity index is 1.73. The van der Waals surface area contributed by atoms with E-state index in [1.54, 1.807) is 18.2 Å². The zero-order valence-electron chi connectivity index (χ0n) is 14.0. The number of phenols is 1. The van der Waals surface area contributed by atoms with Crippen LogP contribution in [0.5, 0.6) is 5.75 Å². The van der Waals surface area contributed by atoms with E-state index in [1.807, 2.05) is 6.07 Å². The van der Waals surface area contributed by atoms with Gasteiger partial charge in [-0.2, -0.15) is 0 Å². The summed E-state index contributed by atoms with van der Waals surface area (Å²) in [5.41, 5.74) is -0.0312. The third kappa shape index (κ3) is 3.99. The molecule has 0 amide bonds. The molecule has 1 saturated carbocycles. The van der Waals surface area contributed by atoms with Gasteiger partial charge in [0.05, 0.1) is 0 Å². The first-order valence-electron chi connectivity index (χ1n) is 8.68. The zero-order chi connectivity index (χ0) is 17.9. The first-order chi connectivity index (χ1) is 12.0. The molecule has 4 nitrogen and oxygen atoms in total. The van der Waals surface area contributed by atoms with Gasteiger partial charge < -0.3 is 9.84 Å². The summed E-state index contributed by atoms with van der Waals surface area (Å²) in [6.45, 7) is 0. The Hall–Kier alpha value is -1.99. The van der Waals surface area contributed by atoms with E-state index < -0.39 is 16.9 Å². The Labute approximate surface area is 152 Å². The number of halogens is 1. The summed E-state index contributed by atoms with van der Waals surface area (Å²) in [5.74, 6) is 5.58. The van der Waals surface area contributed by atoms with Crippen molar-refractivity contribution in [3.05, 3.63) is 29.8 Å². The molecule has 1 aliphatic carbocycles. The number of ether oxygens (including phenoxy) is 1. The molecule has 1 N–H and O–H groups in total. The number of hydrogen-bond acceptors (Lipinski definition) is 4. The summed E-state index contributed by atoms with van der Waals surface area (Å²) in [4.78, 5) is 24.2. The standard InChI is InChI=1S/C20H21ClO4/c21-18-17(23)13-20(25-19(18)24,15-8-1-2-9-15)11-4-3-6-14-7-5-10-16(22)12-14/h5,7,10,12,15,18,22H,1-2,4,8-9,11,13H2. The Bertz CT molecular complexity index is 707. The fraction of sp³-hybridized carbons (Fsp3) is 0.500. The third-order valence-corrected chi connectivity index (χ3v) is 5.54. The highest BCUT2D eigenvalue weighted by Gasteiger charge is 2.50. The van der Waals surface area contributed by atoms with Crippen molar-refractivity contribution in [2.75, 3.05) is 0 Å². The largest absolute Gasteiger partial charge is 0.508 e. The van der Waals surface area contributed by atoms with Crippen molar-refractivity contribution < 1.29 is 19.4 Å². The highest BCUT2D eigenvalue weighted by Crippen LogP contribution is 2.44. The molecule has 1 aromatic carbocycles. The maximum absolute atomic E-state index is 12.2. The van der Waals surface area contributed by atoms with E-state index in [-0.39, 0.29) is 23.9 Å². The molecule has 1 aliphatic heterocycles. The molecule has 2 fully saturated rings. The van der Waals surface area contributed by atoms with E-state index in [1.165, 1.54) is 0 Å². The van der Waals surface area contributed by atoms with Gasteiger partial charge in [-0.1, -0.05) is 30.7 Å². The van der Waals surface area contributed by atoms with Crippen LogP contribution >= 0.6 is 11.6 Å². The lowest BCUT2D eigenvalue weighted by Crippen LogP contribution is -2.52. The van der Waals surface area contributed by atoms with E-state index in [9.17, 15) is 14.7 Å². The Morgan fingerprint density at radius 3 is 2.72 bits per heavy atom. The van der Waals surface area contributed by atoms with Crippen molar-refractivity contribution in [3.63, 3.8) is 0 Å². The van der Waals surface area contributed by atoms with Crippen molar-refractivity contribution in [2.24, 2.45) is 5.92 Å². The van der Waals surface area contributed by atoms with Gasteiger partial charge in [0.15, 0.2) is 11.2 Å². The molecule has 0 radical (unpaired) electrons. The molecule has 0 bridgehead atoms. The highest BCUT2D eigenvalue weighted by atomic mass is 35.5. The number of benzene rings is 1. The molecule has 132 valence electrons. The lowest BCUT2D eigenvalue weighted by molar-refractivity contribution is -0.177. The van der Waals surface area contributed by atoms with Crippen LogP contribution in [0.3, 0.4) is 0 Å². The van der Waals surface area contributed by atoms with Gasteiger partial charge in [-0.15, -0.1) is 11.6 Å². The van der Waals surface area contributed by atoms with Crippen LogP contribution in [0, 0.1) is 17.8 Å². The van der Waals surface area contributed by atoms with E-state index in [2.05, 4.69) is 11.8 Å². The minimum Gasteiger partial charge on any atom is -0.508 e. The van der Waals surface area contributed by atoms with Crippen molar-refractivity contribution in [2.45, 2.75) is 55.9 Å². The van der Waals surface area contributed by atoms with Gasteiger partial charge in [-0.05, 0) is 43.4 Å². The maximum Gasteiger partial charge on any atom is 0.332 e. The van der Waals surface area contributed by atoms with Crippen LogP contribution < -0.4 is 0 Å². The number of hydrogen-bond donors (Lipinski definition) is 1. The number of carbonyl (C=O) groups is 2. The van der Waals surface area contributed by atoms with Gasteiger partial charge in [0.1, 0.15) is 11.4 Å². The van der Waals surface area contributed by atoms with E-state index >= 15 is 0 Å². The number of carbonyl (C=O) groups excluding carboxylic acids is 2. The van der Waals surface area contributed by atoms with Crippen LogP contribution in [-0.2, 0) is 14.3 Å². The Kier molecular flexibility index (Phi) is 5.34. The molecular weight excluding hydrogens is 340 g/mol. The average molecular weight is 361 g/mol. The number of phenolic OH excluding ortho intramolecular Hbond substituents is 1. The minimum atomic E-state index is -1.17. The van der Waals surface area contributed by atoms with Gasteiger partial charge in [-0.3, -0.25) is 4.79 Å². The van der Waals surface area contributed by atoms with Crippen molar-refractivity contribution in [3.8, 4) is 17.6 Å². The lowest BCUT2D eigenvalue weighted by Gasteiger charge is -2.41. The number of ketones is 1. The second kappa shape index (κ2) is 7.49. The van der Waals surface area contributed by atoms with E-state index in [4.69, 9.17) is 16.3 Å². The Morgan fingerprint density at radius 2 is 2.04 bits per heavy atom. The van der Waals surface area contributed by atoms with Crippen LogP contribution in [-0.4, -0.2) is 27.8 Å². The SMILES string of the molecule is O=C1CC(CCC#Cc2cccc(O)c2)(C2CCCC2)OC(=O)C1Cl. The summed E-state index contributed by atoms with van der Waals surface area (Å²) >= 11 is 5.83. The zero-order valence-corrected chi connectivity index (χ0v) is 14.7. The van der Waals surface area contributed by atoms with Crippen LogP contribution in [0.25, 0.3) is 0 Å². The number of cyclic esters (lactones) is 1. The number of alkyl halides is 1. The monoisotopic (exact) mass is 360 g/mol. The molecule has 5 heteroatoms. The normalized spacial score (nSPS) is 26.8. The molecule has 2 atom stereocenters. The van der Waals surface area contributed by atoms with Crippen molar-refractivity contribution in [1.82, 2.24) is 0 Å². The summed E-state index contributed by atoms with van der Waals surface area (Å²) in [6, 6.07) is 6.75. The summed E-state index contributed by atoms with van der Waals surface area (Å²) in [5, 5.41) is 8.29. The van der Waals surface area contributed by atoms with Crippen LogP contribution in [0.1, 0.15) is 50.5 Å². The first kappa shape index (κ1) is 17.8. The summed E-state index contributed by atoms with van der Waals surface area (Å²) in [6.07, 6.45) is 5.35. The maximum atomic E-state index is 12.2. The first-order valence-corrected chi connectivity index (χ1v) is 9.11. The van der Waals surface area contributed by atoms with Crippen LogP contribution in [0.4, 0.5) is 0 Å². The molecule has 1 heterocycles. The van der Waals surface area contributed by atoms with Crippen molar-refractivity contribution in [1.29, 1.82) is 0 Å². The van der Waals surface area contributed by atoms with Crippen LogP contribution in [0.15, 0.2) is 24.3 Å². The second-order valence-electron chi connectivity index (χ2n) is 6.83. The van der Waals surface area contributed by atoms with Crippen LogP contribution in [0.2, 0.25) is 0 Å². The third-order valence-electron chi connectivity index (χ3n) is 5.12. The predicted octanol–water partition coefficient (Wildman–Crippen LogP) is 3.58. The second-order valence-corrected chi connectivity index (χ2v) is 7.26. The number of rotatable bonds is 3. The fourth-order valence-corrected chi connectivity index (χ4v) is 3.97. The fourth-order valence-electron chi connectivity index (χ4n) is 3.85. The quantitative estimate of drug-likeness (QED) is 0.387. The van der Waals surface area contributed by atoms with Gasteiger partial charge in [0.2, 0.25) is 0 Å². The van der Waals surface area contributed by atoms with Gasteiger partial charge >= 0.3 is 5.97 Å². The molecule has 25 heavy (non-hydrogen) atoms. The molecule has 2 unspecified atom stereocenters. The molecule has 3 rings (SSSR count). The molecule has 2 aliphatic rings. The smallest absolute Gasteiger partial charge is 0.332 e. The van der Waals surface area contributed by atoms with Gasteiger partial charge in [0.25, 0.3) is 0 Å². The van der Waals surface area contributed by atoms with E-state index in [0.717, 1.165) is 31.2 Å².